The molecule has 0 bridgehead atoms. The van der Waals surface area contributed by atoms with Gasteiger partial charge in [-0.05, 0) is 74.1 Å². The Hall–Kier alpha value is -3.25. The molecule has 0 nitrogen and oxygen atoms in total. The van der Waals surface area contributed by atoms with Crippen LogP contribution in [0.2, 0.25) is 0 Å². The molecule has 0 heterocycles. The summed E-state index contributed by atoms with van der Waals surface area (Å²) < 4.78 is 0. The Kier molecular flexibility index (Phi) is 18.7. The van der Waals surface area contributed by atoms with Gasteiger partial charge < -0.3 is 0 Å². The van der Waals surface area contributed by atoms with E-state index in [-0.39, 0.29) is 0 Å². The monoisotopic (exact) mass is 1030 g/mol. The molecule has 0 fully saturated rings. The zero-order chi connectivity index (χ0) is 39.3. The van der Waals surface area contributed by atoms with Crippen LogP contribution in [0, 0.1) is 0 Å². The van der Waals surface area contributed by atoms with Crippen LogP contribution in [-0.2, 0) is 16.5 Å². The quantitative estimate of drug-likeness (QED) is 0.107. The van der Waals surface area contributed by atoms with Crippen molar-refractivity contribution in [3.8, 4) is 0 Å². The van der Waals surface area contributed by atoms with Gasteiger partial charge in [0.15, 0.2) is 0 Å². The van der Waals surface area contributed by atoms with E-state index in [9.17, 15) is 0 Å². The van der Waals surface area contributed by atoms with Crippen LogP contribution in [0.5, 0.6) is 0 Å². The molecular formula is C50H44Cl2P4Pt. The van der Waals surface area contributed by atoms with Gasteiger partial charge in [0.25, 0.3) is 0 Å². The summed E-state index contributed by atoms with van der Waals surface area (Å²) in [7, 11) is 8.12. The molecule has 0 N–H and O–H groups in total. The van der Waals surface area contributed by atoms with Crippen LogP contribution in [0.3, 0.4) is 0 Å². The van der Waals surface area contributed by atoms with Crippen molar-refractivity contribution in [3.05, 3.63) is 243 Å². The van der Waals surface area contributed by atoms with E-state index in [4.69, 9.17) is 18.8 Å². The van der Waals surface area contributed by atoms with Gasteiger partial charge in [0.05, 0.1) is 0 Å². The second-order valence-electron chi connectivity index (χ2n) is 12.7. The predicted molar refractivity (Wildman–Crippen MR) is 258 cm³/mol. The van der Waals surface area contributed by atoms with Gasteiger partial charge in [-0.2, -0.15) is 0 Å². The molecule has 8 aromatic rings. The number of rotatable bonds is 12. The Balaban J connectivity index is 0.000000180. The van der Waals surface area contributed by atoms with Crippen LogP contribution >= 0.6 is 50.5 Å². The van der Waals surface area contributed by atoms with Gasteiger partial charge in [0.2, 0.25) is 0 Å². The first-order chi connectivity index (χ1) is 28.2. The zero-order valence-electron chi connectivity index (χ0n) is 31.4. The molecule has 0 unspecified atom stereocenters. The maximum Gasteiger partial charge on any atom is 0.00405 e. The van der Waals surface area contributed by atoms with Gasteiger partial charge in [-0.25, -0.2) is 0 Å². The largest absolute Gasteiger partial charge is 0.0622 e. The van der Waals surface area contributed by atoms with Crippen molar-refractivity contribution in [2.45, 2.75) is 0 Å². The van der Waals surface area contributed by atoms with Gasteiger partial charge in [-0.15, -0.1) is 0 Å². The van der Waals surface area contributed by atoms with Crippen LogP contribution in [0.4, 0.5) is 0 Å². The molecule has 57 heavy (non-hydrogen) atoms. The standard InChI is InChI=1S/2C25H22P2.2ClH.Pt/c2*1-5-13-22(14-6-1)26(23-15-7-2-8-16-23)21-27(24-17-9-3-10-18-24)25-19-11-4-12-20-25;;;/h2*1-20H,21H2;2*1H;/q;;;;+2/p-2. The number of hydrogen-bond acceptors (Lipinski definition) is 0. The molecule has 8 aromatic carbocycles. The van der Waals surface area contributed by atoms with Crippen molar-refractivity contribution in [1.29, 1.82) is 0 Å². The van der Waals surface area contributed by atoms with Gasteiger partial charge in [0, 0.05) is 11.8 Å². The van der Waals surface area contributed by atoms with E-state index in [1.165, 1.54) is 54.2 Å². The molecule has 0 aliphatic carbocycles. The molecule has 288 valence electrons. The first-order valence-electron chi connectivity index (χ1n) is 18.6. The van der Waals surface area contributed by atoms with Crippen LogP contribution in [0.15, 0.2) is 243 Å². The van der Waals surface area contributed by atoms with E-state index in [0.717, 1.165) is 0 Å². The maximum absolute atomic E-state index is 4.88. The third-order valence-electron chi connectivity index (χ3n) is 9.11. The zero-order valence-corrected chi connectivity index (χ0v) is 38.7. The Morgan fingerprint density at radius 2 is 0.333 bits per heavy atom. The van der Waals surface area contributed by atoms with Crippen molar-refractivity contribution in [2.24, 2.45) is 0 Å². The molecule has 0 saturated heterocycles. The Labute approximate surface area is 361 Å². The van der Waals surface area contributed by atoms with Crippen LogP contribution in [0.25, 0.3) is 0 Å². The molecule has 0 spiro atoms. The van der Waals surface area contributed by atoms with Crippen LogP contribution in [-0.4, -0.2) is 11.8 Å². The Morgan fingerprint density at radius 3 is 0.439 bits per heavy atom. The second kappa shape index (κ2) is 24.6. The smallest absolute Gasteiger partial charge is 0.00405 e. The summed E-state index contributed by atoms with van der Waals surface area (Å²) >= 11 is -0.472. The number of hydrogen-bond donors (Lipinski definition) is 0. The maximum atomic E-state index is 4.88. The normalized spacial score (nSPS) is 10.8. The summed E-state index contributed by atoms with van der Waals surface area (Å²) in [4.78, 5) is 0. The van der Waals surface area contributed by atoms with Crippen molar-refractivity contribution in [1.82, 2.24) is 0 Å². The van der Waals surface area contributed by atoms with E-state index in [0.29, 0.717) is 0 Å². The van der Waals surface area contributed by atoms with Gasteiger partial charge in [-0.1, -0.05) is 243 Å². The van der Waals surface area contributed by atoms with Crippen molar-refractivity contribution < 1.29 is 16.5 Å². The van der Waals surface area contributed by atoms with E-state index in [1.54, 1.807) is 0 Å². The first-order valence-corrected chi connectivity index (χ1v) is 30.3. The third-order valence-corrected chi connectivity index (χ3v) is 21.0. The molecule has 8 rings (SSSR count). The molecule has 0 saturated carbocycles. The number of benzene rings is 8. The summed E-state index contributed by atoms with van der Waals surface area (Å²) in [5, 5.41) is 11.7. The summed E-state index contributed by atoms with van der Waals surface area (Å²) in [5.74, 6) is 2.35. The molecular weight excluding hydrogens is 990 g/mol. The minimum atomic E-state index is -0.472. The van der Waals surface area contributed by atoms with Crippen LogP contribution < -0.4 is 42.4 Å². The number of halogens is 2. The molecule has 0 aliphatic heterocycles. The molecule has 7 heteroatoms. The second-order valence-corrected chi connectivity index (χ2v) is 25.8. The average Bonchev–Trinajstić information content (AvgIpc) is 3.30. The SMILES string of the molecule is [Cl][Pt][Cl].c1ccc(P(CP(c2ccccc2)c2ccccc2)c2ccccc2)cc1.c1ccc(P(CP(c2ccccc2)c2ccccc2)c2ccccc2)cc1. The predicted octanol–water partition coefficient (Wildman–Crippen LogP) is 11.8. The fourth-order valence-corrected chi connectivity index (χ4v) is 19.3. The summed E-state index contributed by atoms with van der Waals surface area (Å²) in [6.45, 7) is 0. The van der Waals surface area contributed by atoms with Crippen molar-refractivity contribution in [3.63, 3.8) is 0 Å². The fraction of sp³-hybridized carbons (Fsp3) is 0.0400. The molecule has 0 aromatic heterocycles. The minimum Gasteiger partial charge on any atom is -0.0622 e. The topological polar surface area (TPSA) is 0 Å². The van der Waals surface area contributed by atoms with E-state index < -0.39 is 48.2 Å². The molecule has 0 aliphatic rings. The Bertz CT molecular complexity index is 1760. The van der Waals surface area contributed by atoms with E-state index >= 15 is 0 Å². The van der Waals surface area contributed by atoms with Gasteiger partial charge >= 0.3 is 35.3 Å². The first kappa shape index (κ1) is 43.3. The molecule has 0 amide bonds. The fourth-order valence-electron chi connectivity index (χ4n) is 6.40. The van der Waals surface area contributed by atoms with Crippen molar-refractivity contribution >= 4 is 93.0 Å². The summed E-state index contributed by atoms with van der Waals surface area (Å²) in [5.41, 5.74) is 0. The molecule has 0 atom stereocenters. The summed E-state index contributed by atoms with van der Waals surface area (Å²) in [6.07, 6.45) is 0. The summed E-state index contributed by atoms with van der Waals surface area (Å²) in [6, 6.07) is 88.3. The van der Waals surface area contributed by atoms with Crippen LogP contribution in [0.1, 0.15) is 0 Å². The third kappa shape index (κ3) is 13.4. The van der Waals surface area contributed by atoms with Gasteiger partial charge in [-0.3, -0.25) is 0 Å². The Morgan fingerprint density at radius 1 is 0.228 bits per heavy atom. The molecule has 0 radical (unpaired) electrons. The van der Waals surface area contributed by atoms with Crippen molar-refractivity contribution in [2.75, 3.05) is 11.8 Å². The van der Waals surface area contributed by atoms with Gasteiger partial charge in [0.1, 0.15) is 0 Å². The average molecular weight is 1030 g/mol. The minimum absolute atomic E-state index is 0.409. The van der Waals surface area contributed by atoms with E-state index in [2.05, 4.69) is 243 Å². The van der Waals surface area contributed by atoms with E-state index in [1.807, 2.05) is 0 Å².